The Morgan fingerprint density at radius 1 is 1.04 bits per heavy atom. The van der Waals surface area contributed by atoms with Crippen LogP contribution < -0.4 is 4.90 Å². The van der Waals surface area contributed by atoms with Crippen LogP contribution in [0.4, 0.5) is 9.52 Å². The summed E-state index contributed by atoms with van der Waals surface area (Å²) in [5, 5.41) is 2.91. The van der Waals surface area contributed by atoms with Gasteiger partial charge in [-0.25, -0.2) is 9.37 Å². The van der Waals surface area contributed by atoms with Gasteiger partial charge in [0.2, 0.25) is 0 Å². The van der Waals surface area contributed by atoms with Gasteiger partial charge in [0, 0.05) is 56.2 Å². The molecule has 0 bridgehead atoms. The molecule has 0 N–H and O–H groups in total. The van der Waals surface area contributed by atoms with Crippen molar-refractivity contribution in [2.45, 2.75) is 6.42 Å². The van der Waals surface area contributed by atoms with Gasteiger partial charge in [-0.05, 0) is 12.5 Å². The van der Waals surface area contributed by atoms with Gasteiger partial charge in [-0.1, -0.05) is 0 Å². The molecule has 3 aromatic rings. The zero-order chi connectivity index (χ0) is 17.2. The van der Waals surface area contributed by atoms with E-state index in [2.05, 4.69) is 19.9 Å². The molecule has 3 heterocycles. The minimum absolute atomic E-state index is 0.203. The Balaban J connectivity index is 1.59. The van der Waals surface area contributed by atoms with Crippen molar-refractivity contribution in [3.05, 3.63) is 47.5 Å². The molecular weight excluding hydrogens is 341 g/mol. The zero-order valence-electron chi connectivity index (χ0n) is 13.4. The van der Waals surface area contributed by atoms with Crippen molar-refractivity contribution < 1.29 is 9.18 Å². The molecule has 1 amide bonds. The zero-order valence-corrected chi connectivity index (χ0v) is 14.2. The molecule has 1 aliphatic heterocycles. The van der Waals surface area contributed by atoms with E-state index in [1.54, 1.807) is 22.4 Å². The highest BCUT2D eigenvalue weighted by Crippen LogP contribution is 2.22. The molecule has 0 aliphatic carbocycles. The van der Waals surface area contributed by atoms with E-state index in [0.29, 0.717) is 30.7 Å². The summed E-state index contributed by atoms with van der Waals surface area (Å²) in [6.07, 6.45) is 5.63. The fourth-order valence-corrected chi connectivity index (χ4v) is 3.75. The van der Waals surface area contributed by atoms with E-state index in [0.717, 1.165) is 18.1 Å². The number of thiazole rings is 1. The lowest BCUT2D eigenvalue weighted by atomic mass is 10.1. The fourth-order valence-electron chi connectivity index (χ4n) is 3.06. The number of carbonyl (C=O) groups is 1. The van der Waals surface area contributed by atoms with Crippen LogP contribution in [0, 0.1) is 5.82 Å². The van der Waals surface area contributed by atoms with Crippen LogP contribution >= 0.6 is 11.3 Å². The van der Waals surface area contributed by atoms with Crippen molar-refractivity contribution in [1.29, 1.82) is 0 Å². The Labute approximate surface area is 148 Å². The predicted octanol–water partition coefficient (Wildman–Crippen LogP) is 2.58. The molecule has 1 aliphatic rings. The predicted molar refractivity (Wildman–Crippen MR) is 94.3 cm³/mol. The van der Waals surface area contributed by atoms with Crippen molar-refractivity contribution in [3.63, 3.8) is 0 Å². The molecule has 1 saturated heterocycles. The average Bonchev–Trinajstić information content (AvgIpc) is 3.05. The molecule has 0 unspecified atom stereocenters. The van der Waals surface area contributed by atoms with Crippen molar-refractivity contribution in [1.82, 2.24) is 19.9 Å². The van der Waals surface area contributed by atoms with Crippen molar-refractivity contribution >= 4 is 33.4 Å². The molecule has 0 spiro atoms. The van der Waals surface area contributed by atoms with Gasteiger partial charge in [-0.2, -0.15) is 0 Å². The van der Waals surface area contributed by atoms with Crippen LogP contribution in [-0.2, 0) is 0 Å². The summed E-state index contributed by atoms with van der Waals surface area (Å²) in [4.78, 5) is 29.6. The van der Waals surface area contributed by atoms with Crippen molar-refractivity contribution in [2.75, 3.05) is 31.1 Å². The van der Waals surface area contributed by atoms with E-state index in [9.17, 15) is 9.18 Å². The highest BCUT2D eigenvalue weighted by Gasteiger charge is 2.23. The van der Waals surface area contributed by atoms with Gasteiger partial charge in [0.1, 0.15) is 11.3 Å². The van der Waals surface area contributed by atoms with Gasteiger partial charge in [-0.3, -0.25) is 14.8 Å². The topological polar surface area (TPSA) is 62.2 Å². The van der Waals surface area contributed by atoms with Crippen molar-refractivity contribution in [3.8, 4) is 0 Å². The second-order valence-corrected chi connectivity index (χ2v) is 6.70. The summed E-state index contributed by atoms with van der Waals surface area (Å²) in [6, 6.07) is 2.55. The average molecular weight is 357 g/mol. The lowest BCUT2D eigenvalue weighted by Gasteiger charge is -2.22. The van der Waals surface area contributed by atoms with E-state index in [1.807, 2.05) is 5.38 Å². The van der Waals surface area contributed by atoms with E-state index in [4.69, 9.17) is 0 Å². The molecule has 8 heteroatoms. The highest BCUT2D eigenvalue weighted by atomic mass is 32.1. The molecule has 128 valence electrons. The summed E-state index contributed by atoms with van der Waals surface area (Å²) in [6.45, 7) is 2.74. The third kappa shape index (κ3) is 3.17. The lowest BCUT2D eigenvalue weighted by molar-refractivity contribution is 0.0768. The first-order valence-electron chi connectivity index (χ1n) is 8.06. The third-order valence-corrected chi connectivity index (χ3v) is 5.07. The molecule has 0 saturated carbocycles. The number of hydrogen-bond donors (Lipinski definition) is 0. The molecule has 1 fully saturated rings. The molecule has 1 aromatic carbocycles. The van der Waals surface area contributed by atoms with Crippen LogP contribution in [0.2, 0.25) is 0 Å². The van der Waals surface area contributed by atoms with Crippen molar-refractivity contribution in [2.24, 2.45) is 0 Å². The first kappa shape index (κ1) is 15.9. The minimum atomic E-state index is -0.476. The lowest BCUT2D eigenvalue weighted by Crippen LogP contribution is -2.35. The SMILES string of the molecule is O=C(c1cc(F)cc2nccnc12)N1CCCN(c2nccs2)CC1. The highest BCUT2D eigenvalue weighted by molar-refractivity contribution is 7.13. The van der Waals surface area contributed by atoms with Gasteiger partial charge in [-0.15, -0.1) is 11.3 Å². The maximum atomic E-state index is 13.9. The minimum Gasteiger partial charge on any atom is -0.346 e. The van der Waals surface area contributed by atoms with Gasteiger partial charge in [0.25, 0.3) is 5.91 Å². The Morgan fingerprint density at radius 3 is 2.76 bits per heavy atom. The van der Waals surface area contributed by atoms with E-state index in [1.165, 1.54) is 24.5 Å². The van der Waals surface area contributed by atoms with Crippen LogP contribution in [-0.4, -0.2) is 51.9 Å². The van der Waals surface area contributed by atoms with Gasteiger partial charge in [0.15, 0.2) is 5.13 Å². The summed E-state index contributed by atoms with van der Waals surface area (Å²) in [5.74, 6) is -0.679. The second-order valence-electron chi connectivity index (χ2n) is 5.82. The normalized spacial score (nSPS) is 15.4. The first-order chi connectivity index (χ1) is 12.2. The number of rotatable bonds is 2. The fraction of sp³-hybridized carbons (Fsp3) is 0.294. The largest absolute Gasteiger partial charge is 0.346 e. The van der Waals surface area contributed by atoms with Gasteiger partial charge in [0.05, 0.1) is 11.1 Å². The van der Waals surface area contributed by atoms with E-state index >= 15 is 0 Å². The summed E-state index contributed by atoms with van der Waals surface area (Å²) in [7, 11) is 0. The van der Waals surface area contributed by atoms with Crippen LogP contribution in [0.5, 0.6) is 0 Å². The number of fused-ring (bicyclic) bond motifs is 1. The number of carbonyl (C=O) groups excluding carboxylic acids is 1. The van der Waals surface area contributed by atoms with E-state index in [-0.39, 0.29) is 11.5 Å². The van der Waals surface area contributed by atoms with Gasteiger partial charge >= 0.3 is 0 Å². The number of aromatic nitrogens is 3. The van der Waals surface area contributed by atoms with Crippen LogP contribution in [0.25, 0.3) is 11.0 Å². The number of amides is 1. The maximum absolute atomic E-state index is 13.9. The summed E-state index contributed by atoms with van der Waals surface area (Å²) in [5.41, 5.74) is 1.10. The van der Waals surface area contributed by atoms with Crippen LogP contribution in [0.1, 0.15) is 16.8 Å². The second kappa shape index (κ2) is 6.72. The molecule has 2 aromatic heterocycles. The first-order valence-corrected chi connectivity index (χ1v) is 8.94. The standard InChI is InChI=1S/C17H16FN5OS/c18-12-10-13(15-14(11-12)19-2-3-20-15)16(24)22-5-1-6-23(8-7-22)17-21-4-9-25-17/h2-4,9-11H,1,5-8H2. The Bertz CT molecular complexity index is 901. The Hall–Kier alpha value is -2.61. The number of nitrogens with zero attached hydrogens (tertiary/aromatic N) is 5. The third-order valence-electron chi connectivity index (χ3n) is 4.24. The quantitative estimate of drug-likeness (QED) is 0.705. The maximum Gasteiger partial charge on any atom is 0.256 e. The number of hydrogen-bond acceptors (Lipinski definition) is 6. The summed E-state index contributed by atoms with van der Waals surface area (Å²) < 4.78 is 13.9. The number of halogens is 1. The molecule has 25 heavy (non-hydrogen) atoms. The molecule has 4 rings (SSSR count). The van der Waals surface area contributed by atoms with E-state index < -0.39 is 5.82 Å². The Morgan fingerprint density at radius 2 is 1.92 bits per heavy atom. The molecule has 6 nitrogen and oxygen atoms in total. The summed E-state index contributed by atoms with van der Waals surface area (Å²) >= 11 is 1.59. The molecule has 0 atom stereocenters. The van der Waals surface area contributed by atoms with Gasteiger partial charge < -0.3 is 9.80 Å². The molecule has 0 radical (unpaired) electrons. The number of benzene rings is 1. The van der Waals surface area contributed by atoms with Crippen LogP contribution in [0.15, 0.2) is 36.1 Å². The number of anilines is 1. The monoisotopic (exact) mass is 357 g/mol. The smallest absolute Gasteiger partial charge is 0.256 e. The van der Waals surface area contributed by atoms with Crippen LogP contribution in [0.3, 0.4) is 0 Å². The Kier molecular flexibility index (Phi) is 4.27. The molecular formula is C17H16FN5OS.